The lowest BCUT2D eigenvalue weighted by atomic mass is 9.97. The van der Waals surface area contributed by atoms with Gasteiger partial charge in [0, 0.05) is 35.6 Å². The summed E-state index contributed by atoms with van der Waals surface area (Å²) in [6.45, 7) is 8.23. The molecule has 1 amide bonds. The molecule has 1 aromatic heterocycles. The second kappa shape index (κ2) is 9.66. The molecule has 3 heterocycles. The van der Waals surface area contributed by atoms with Crippen LogP contribution in [0, 0.1) is 25.5 Å². The third-order valence-electron chi connectivity index (χ3n) is 7.01. The summed E-state index contributed by atoms with van der Waals surface area (Å²) in [5, 5.41) is 6.39. The van der Waals surface area contributed by atoms with Gasteiger partial charge < -0.3 is 20.5 Å². The Morgan fingerprint density at radius 3 is 2.43 bits per heavy atom. The van der Waals surface area contributed by atoms with Gasteiger partial charge in [0.15, 0.2) is 0 Å². The van der Waals surface area contributed by atoms with Crippen molar-refractivity contribution in [1.82, 2.24) is 9.88 Å². The van der Waals surface area contributed by atoms with Crippen molar-refractivity contribution in [1.29, 1.82) is 0 Å². The number of carbonyl (C=O) groups excluding carboxylic acids is 1. The topological polar surface area (TPSA) is 60.2 Å². The SMILES string of the molecule is Cc1[nH]c(/C=C2\C(=O)Nc3c2cccc3-c2c(F)cccc2F)c(C)c1NCCN1CCCCC1. The summed E-state index contributed by atoms with van der Waals surface area (Å²) in [5.41, 5.74) is 5.63. The van der Waals surface area contributed by atoms with Gasteiger partial charge in [-0.2, -0.15) is 0 Å². The zero-order valence-electron chi connectivity index (χ0n) is 20.1. The maximum atomic E-state index is 14.5. The molecule has 5 rings (SSSR count). The number of fused-ring (bicyclic) bond motifs is 1. The summed E-state index contributed by atoms with van der Waals surface area (Å²) >= 11 is 0. The highest BCUT2D eigenvalue weighted by molar-refractivity contribution is 6.36. The first-order chi connectivity index (χ1) is 16.9. The number of aromatic nitrogens is 1. The third-order valence-corrected chi connectivity index (χ3v) is 7.01. The number of rotatable bonds is 6. The molecule has 1 saturated heterocycles. The van der Waals surface area contributed by atoms with Crippen molar-refractivity contribution in [3.8, 4) is 11.1 Å². The van der Waals surface area contributed by atoms with E-state index in [1.807, 2.05) is 19.9 Å². The van der Waals surface area contributed by atoms with Gasteiger partial charge in [0.25, 0.3) is 5.91 Å². The summed E-state index contributed by atoms with van der Waals surface area (Å²) in [4.78, 5) is 18.8. The van der Waals surface area contributed by atoms with E-state index in [1.54, 1.807) is 18.2 Å². The number of aromatic amines is 1. The summed E-state index contributed by atoms with van der Waals surface area (Å²) < 4.78 is 29.0. The molecule has 182 valence electrons. The summed E-state index contributed by atoms with van der Waals surface area (Å²) in [5.74, 6) is -1.63. The van der Waals surface area contributed by atoms with E-state index in [1.165, 1.54) is 37.5 Å². The maximum absolute atomic E-state index is 14.5. The molecule has 0 atom stereocenters. The van der Waals surface area contributed by atoms with E-state index in [0.717, 1.165) is 48.8 Å². The number of para-hydroxylation sites is 1. The van der Waals surface area contributed by atoms with E-state index in [9.17, 15) is 13.6 Å². The Balaban J connectivity index is 1.43. The monoisotopic (exact) mass is 476 g/mol. The van der Waals surface area contributed by atoms with Crippen molar-refractivity contribution in [3.05, 3.63) is 70.5 Å². The second-order valence-corrected chi connectivity index (χ2v) is 9.33. The number of aryl methyl sites for hydroxylation is 1. The Labute approximate surface area is 204 Å². The van der Waals surface area contributed by atoms with Crippen molar-refractivity contribution >= 4 is 28.9 Å². The Morgan fingerprint density at radius 1 is 1.00 bits per heavy atom. The first-order valence-electron chi connectivity index (χ1n) is 12.2. The lowest BCUT2D eigenvalue weighted by Crippen LogP contribution is -2.33. The quantitative estimate of drug-likeness (QED) is 0.384. The molecule has 0 unspecified atom stereocenters. The predicted octanol–water partition coefficient (Wildman–Crippen LogP) is 5.97. The number of amides is 1. The molecule has 35 heavy (non-hydrogen) atoms. The molecular formula is C28H30F2N4O. The first kappa shape index (κ1) is 23.3. The first-order valence-corrected chi connectivity index (χ1v) is 12.2. The lowest BCUT2D eigenvalue weighted by Gasteiger charge is -2.26. The Kier molecular flexibility index (Phi) is 6.43. The Bertz CT molecular complexity index is 1280. The number of nitrogens with zero attached hydrogens (tertiary/aromatic N) is 1. The van der Waals surface area contributed by atoms with Crippen molar-refractivity contribution in [2.45, 2.75) is 33.1 Å². The summed E-state index contributed by atoms with van der Waals surface area (Å²) in [6.07, 6.45) is 5.69. The molecule has 2 aromatic carbocycles. The van der Waals surface area contributed by atoms with Crippen LogP contribution in [0.25, 0.3) is 22.8 Å². The number of H-pyrrole nitrogens is 1. The molecular weight excluding hydrogens is 446 g/mol. The summed E-state index contributed by atoms with van der Waals surface area (Å²) in [7, 11) is 0. The van der Waals surface area contributed by atoms with Gasteiger partial charge in [-0.3, -0.25) is 4.79 Å². The fourth-order valence-corrected chi connectivity index (χ4v) is 5.17. The fourth-order valence-electron chi connectivity index (χ4n) is 5.17. The molecule has 1 fully saturated rings. The minimum Gasteiger partial charge on any atom is -0.382 e. The number of piperidine rings is 1. The number of carbonyl (C=O) groups is 1. The predicted molar refractivity (Wildman–Crippen MR) is 137 cm³/mol. The molecule has 0 bridgehead atoms. The smallest absolute Gasteiger partial charge is 0.256 e. The van der Waals surface area contributed by atoms with Crippen LogP contribution in [0.15, 0.2) is 36.4 Å². The van der Waals surface area contributed by atoms with Gasteiger partial charge in [0.05, 0.1) is 22.5 Å². The van der Waals surface area contributed by atoms with Crippen molar-refractivity contribution in [2.75, 3.05) is 36.8 Å². The van der Waals surface area contributed by atoms with E-state index in [4.69, 9.17) is 0 Å². The molecule has 5 nitrogen and oxygen atoms in total. The molecule has 0 aliphatic carbocycles. The van der Waals surface area contributed by atoms with Gasteiger partial charge >= 0.3 is 0 Å². The van der Waals surface area contributed by atoms with Crippen LogP contribution in [0.5, 0.6) is 0 Å². The van der Waals surface area contributed by atoms with E-state index >= 15 is 0 Å². The largest absolute Gasteiger partial charge is 0.382 e. The van der Waals surface area contributed by atoms with E-state index in [2.05, 4.69) is 20.5 Å². The van der Waals surface area contributed by atoms with Crippen LogP contribution in [-0.2, 0) is 4.79 Å². The molecule has 7 heteroatoms. The number of halogens is 2. The average molecular weight is 477 g/mol. The van der Waals surface area contributed by atoms with Gasteiger partial charge in [-0.15, -0.1) is 0 Å². The molecule has 3 N–H and O–H groups in total. The highest BCUT2D eigenvalue weighted by Crippen LogP contribution is 2.42. The molecule has 0 saturated carbocycles. The molecule has 2 aliphatic rings. The molecule has 0 radical (unpaired) electrons. The van der Waals surface area contributed by atoms with E-state index in [0.29, 0.717) is 22.4 Å². The maximum Gasteiger partial charge on any atom is 0.256 e. The zero-order valence-corrected chi connectivity index (χ0v) is 20.1. The van der Waals surface area contributed by atoms with Gasteiger partial charge in [0.2, 0.25) is 0 Å². The van der Waals surface area contributed by atoms with Crippen molar-refractivity contribution in [3.63, 3.8) is 0 Å². The number of likely N-dealkylation sites (tertiary alicyclic amines) is 1. The standard InChI is InChI=1S/C28H30F2N4O/c1-17-24(32-18(2)26(17)31-12-15-34-13-4-3-5-14-34)16-21-19-8-6-9-20(27(19)33-28(21)35)25-22(29)10-7-11-23(25)30/h6-11,16,31-32H,3-5,12-15H2,1-2H3,(H,33,35)/b21-16-. The van der Waals surface area contributed by atoms with E-state index < -0.39 is 11.6 Å². The van der Waals surface area contributed by atoms with Crippen LogP contribution in [0.2, 0.25) is 0 Å². The van der Waals surface area contributed by atoms with Crippen LogP contribution >= 0.6 is 0 Å². The third kappa shape index (κ3) is 4.48. The van der Waals surface area contributed by atoms with Crippen LogP contribution < -0.4 is 10.6 Å². The van der Waals surface area contributed by atoms with Crippen LogP contribution in [0.3, 0.4) is 0 Å². The average Bonchev–Trinajstić information content (AvgIpc) is 3.30. The minimum absolute atomic E-state index is 0.141. The number of nitrogens with one attached hydrogen (secondary N) is 3. The van der Waals surface area contributed by atoms with Gasteiger partial charge in [-0.1, -0.05) is 30.7 Å². The highest BCUT2D eigenvalue weighted by Gasteiger charge is 2.29. The molecule has 2 aliphatic heterocycles. The van der Waals surface area contributed by atoms with Crippen molar-refractivity contribution < 1.29 is 13.6 Å². The van der Waals surface area contributed by atoms with Gasteiger partial charge in [-0.05, 0) is 63.6 Å². The second-order valence-electron chi connectivity index (χ2n) is 9.33. The zero-order chi connectivity index (χ0) is 24.5. The number of hydrogen-bond donors (Lipinski definition) is 3. The van der Waals surface area contributed by atoms with Gasteiger partial charge in [-0.25, -0.2) is 8.78 Å². The number of benzene rings is 2. The Morgan fingerprint density at radius 2 is 1.69 bits per heavy atom. The van der Waals surface area contributed by atoms with Crippen LogP contribution in [-0.4, -0.2) is 42.0 Å². The molecule has 3 aromatic rings. The van der Waals surface area contributed by atoms with Crippen LogP contribution in [0.1, 0.15) is 41.8 Å². The lowest BCUT2D eigenvalue weighted by molar-refractivity contribution is -0.110. The highest BCUT2D eigenvalue weighted by atomic mass is 19.1. The minimum atomic E-state index is -0.666. The van der Waals surface area contributed by atoms with E-state index in [-0.39, 0.29) is 11.5 Å². The normalized spacial score (nSPS) is 17.0. The van der Waals surface area contributed by atoms with Gasteiger partial charge in [0.1, 0.15) is 11.6 Å². The fraction of sp³-hybridized carbons (Fsp3) is 0.321. The number of hydrogen-bond acceptors (Lipinski definition) is 3. The van der Waals surface area contributed by atoms with Crippen molar-refractivity contribution in [2.24, 2.45) is 0 Å². The van der Waals surface area contributed by atoms with Crippen LogP contribution in [0.4, 0.5) is 20.2 Å². The summed E-state index contributed by atoms with van der Waals surface area (Å²) in [6, 6.07) is 8.90. The number of anilines is 2. The molecule has 0 spiro atoms. The Hall–Kier alpha value is -3.45.